The van der Waals surface area contributed by atoms with E-state index in [-0.39, 0.29) is 53.3 Å². The van der Waals surface area contributed by atoms with Gasteiger partial charge in [-0.3, -0.25) is 9.59 Å². The van der Waals surface area contributed by atoms with Gasteiger partial charge in [0.05, 0.1) is 29.4 Å². The molecule has 9 heteroatoms. The molecular weight excluding hydrogens is 477 g/mol. The van der Waals surface area contributed by atoms with Crippen molar-refractivity contribution in [2.75, 3.05) is 11.4 Å². The summed E-state index contributed by atoms with van der Waals surface area (Å²) in [5, 5.41) is 3.09. The van der Waals surface area contributed by atoms with E-state index in [2.05, 4.69) is 39.9 Å². The zero-order chi connectivity index (χ0) is 26.7. The van der Waals surface area contributed by atoms with Crippen molar-refractivity contribution in [3.8, 4) is 0 Å². The summed E-state index contributed by atoms with van der Waals surface area (Å²) < 4.78 is 40.8. The van der Waals surface area contributed by atoms with E-state index in [1.54, 1.807) is 4.90 Å². The number of ketones is 1. The van der Waals surface area contributed by atoms with E-state index in [1.165, 1.54) is 0 Å². The number of nitrogens with zero attached hydrogens (tertiary/aromatic N) is 1. The van der Waals surface area contributed by atoms with Gasteiger partial charge in [0.1, 0.15) is 11.6 Å². The molecule has 0 spiro atoms. The van der Waals surface area contributed by atoms with Crippen LogP contribution in [0.1, 0.15) is 73.1 Å². The minimum absolute atomic E-state index is 0.0363. The van der Waals surface area contributed by atoms with Gasteiger partial charge in [0, 0.05) is 25.5 Å². The van der Waals surface area contributed by atoms with Gasteiger partial charge in [0.2, 0.25) is 5.91 Å². The SMILES string of the molecule is CC(C)C[C@H](NC(=O)CCC(=O)[C@@H]1CCN1c1cc(F)ccc1F)B1OC2C[C@@H]3C[C@@H](C3(C)C)[C@]2(C)O1. The predicted molar refractivity (Wildman–Crippen MR) is 138 cm³/mol. The highest BCUT2D eigenvalue weighted by atomic mass is 19.1. The van der Waals surface area contributed by atoms with Crippen molar-refractivity contribution < 1.29 is 27.7 Å². The van der Waals surface area contributed by atoms with Gasteiger partial charge in [-0.05, 0) is 67.9 Å². The largest absolute Gasteiger partial charge is 0.481 e. The highest BCUT2D eigenvalue weighted by molar-refractivity contribution is 6.47. The Morgan fingerprint density at radius 1 is 1.19 bits per heavy atom. The highest BCUT2D eigenvalue weighted by Crippen LogP contribution is 2.65. The van der Waals surface area contributed by atoms with Crippen LogP contribution in [-0.4, -0.2) is 49.0 Å². The first-order valence-electron chi connectivity index (χ1n) is 13.8. The molecule has 5 fully saturated rings. The van der Waals surface area contributed by atoms with Gasteiger partial charge >= 0.3 is 7.12 Å². The fourth-order valence-corrected chi connectivity index (χ4v) is 7.22. The second-order valence-corrected chi connectivity index (χ2v) is 12.7. The van der Waals surface area contributed by atoms with E-state index in [0.29, 0.717) is 37.1 Å². The minimum atomic E-state index is -0.556. The number of carbonyl (C=O) groups excluding carboxylic acids is 2. The Kier molecular flexibility index (Phi) is 6.93. The van der Waals surface area contributed by atoms with Crippen molar-refractivity contribution in [3.63, 3.8) is 0 Å². The molecule has 37 heavy (non-hydrogen) atoms. The van der Waals surface area contributed by atoms with Gasteiger partial charge in [0.15, 0.2) is 5.78 Å². The number of halogens is 2. The Bertz CT molecular complexity index is 1070. The molecule has 1 aromatic carbocycles. The van der Waals surface area contributed by atoms with Crippen LogP contribution in [0.2, 0.25) is 0 Å². The Hall–Kier alpha value is -2.00. The lowest BCUT2D eigenvalue weighted by molar-refractivity contribution is -0.199. The predicted octanol–water partition coefficient (Wildman–Crippen LogP) is 4.69. The molecule has 2 heterocycles. The molecule has 6 atom stereocenters. The molecule has 202 valence electrons. The molecule has 3 saturated carbocycles. The first-order chi connectivity index (χ1) is 17.4. The number of rotatable bonds is 9. The number of carbonyl (C=O) groups is 2. The van der Waals surface area contributed by atoms with Gasteiger partial charge in [-0.2, -0.15) is 0 Å². The van der Waals surface area contributed by atoms with Crippen molar-refractivity contribution in [2.45, 2.75) is 96.8 Å². The third kappa shape index (κ3) is 4.71. The van der Waals surface area contributed by atoms with Crippen LogP contribution in [0.4, 0.5) is 14.5 Å². The summed E-state index contributed by atoms with van der Waals surface area (Å²) >= 11 is 0. The van der Waals surface area contributed by atoms with Crippen LogP contribution < -0.4 is 10.2 Å². The average molecular weight is 516 g/mol. The molecule has 6 rings (SSSR count). The Balaban J connectivity index is 1.18. The monoisotopic (exact) mass is 516 g/mol. The molecule has 1 unspecified atom stereocenters. The van der Waals surface area contributed by atoms with Crippen molar-refractivity contribution in [1.82, 2.24) is 5.32 Å². The summed E-state index contributed by atoms with van der Waals surface area (Å²) in [7, 11) is -0.509. The number of benzene rings is 1. The number of hydrogen-bond acceptors (Lipinski definition) is 5. The van der Waals surface area contributed by atoms with Gasteiger partial charge in [-0.1, -0.05) is 27.7 Å². The summed E-state index contributed by atoms with van der Waals surface area (Å²) in [5.74, 6) is -0.353. The second-order valence-electron chi connectivity index (χ2n) is 12.7. The molecule has 2 saturated heterocycles. The topological polar surface area (TPSA) is 67.9 Å². The van der Waals surface area contributed by atoms with Crippen LogP contribution in [0.25, 0.3) is 0 Å². The number of Topliss-reactive ketones (excluding diaryl/α,β-unsaturated/α-hetero) is 1. The van der Waals surface area contributed by atoms with E-state index in [4.69, 9.17) is 9.31 Å². The molecule has 0 aromatic heterocycles. The van der Waals surface area contributed by atoms with Crippen molar-refractivity contribution in [2.24, 2.45) is 23.2 Å². The van der Waals surface area contributed by atoms with E-state index < -0.39 is 24.8 Å². The quantitative estimate of drug-likeness (QED) is 0.483. The fourth-order valence-electron chi connectivity index (χ4n) is 7.22. The molecule has 2 bridgehead atoms. The van der Waals surface area contributed by atoms with Crippen LogP contribution in [0, 0.1) is 34.8 Å². The summed E-state index contributed by atoms with van der Waals surface area (Å²) in [4.78, 5) is 27.4. The minimum Gasteiger partial charge on any atom is -0.404 e. The molecule has 1 amide bonds. The molecule has 5 aliphatic rings. The third-order valence-electron chi connectivity index (χ3n) is 9.58. The lowest BCUT2D eigenvalue weighted by Gasteiger charge is -2.64. The van der Waals surface area contributed by atoms with E-state index >= 15 is 0 Å². The molecule has 6 nitrogen and oxygen atoms in total. The van der Waals surface area contributed by atoms with E-state index in [9.17, 15) is 18.4 Å². The number of anilines is 1. The van der Waals surface area contributed by atoms with Crippen LogP contribution >= 0.6 is 0 Å². The lowest BCUT2D eigenvalue weighted by Crippen LogP contribution is -2.65. The van der Waals surface area contributed by atoms with Crippen LogP contribution in [-0.2, 0) is 18.9 Å². The summed E-state index contributed by atoms with van der Waals surface area (Å²) in [6, 6.07) is 2.71. The van der Waals surface area contributed by atoms with E-state index in [0.717, 1.165) is 31.0 Å². The maximum Gasteiger partial charge on any atom is 0.481 e. The first-order valence-corrected chi connectivity index (χ1v) is 13.8. The van der Waals surface area contributed by atoms with Crippen LogP contribution in [0.15, 0.2) is 18.2 Å². The summed E-state index contributed by atoms with van der Waals surface area (Å²) in [6.07, 6.45) is 3.54. The molecule has 2 aliphatic heterocycles. The second kappa shape index (κ2) is 9.63. The van der Waals surface area contributed by atoms with Gasteiger partial charge in [-0.15, -0.1) is 0 Å². The number of nitrogens with one attached hydrogen (secondary N) is 1. The van der Waals surface area contributed by atoms with Crippen molar-refractivity contribution in [1.29, 1.82) is 0 Å². The standard InChI is InChI=1S/C28H39BF2N2O4/c1-16(2)12-25(29-36-24-14-17-13-23(27(17,3)4)28(24,5)37-29)32-26(35)9-8-22(34)20-10-11-33(20)21-15-18(30)6-7-19(21)31/h6-7,15-17,20,23-25H,8-14H2,1-5H3,(H,32,35)/t17-,20-,23-,24?,25-,28-/m0/s1. The normalized spacial score (nSPS) is 32.4. The van der Waals surface area contributed by atoms with Crippen LogP contribution in [0.3, 0.4) is 0 Å². The van der Waals surface area contributed by atoms with Crippen LogP contribution in [0.5, 0.6) is 0 Å². The fraction of sp³-hybridized carbons (Fsp3) is 0.714. The third-order valence-corrected chi connectivity index (χ3v) is 9.58. The van der Waals surface area contributed by atoms with Gasteiger partial charge in [0.25, 0.3) is 0 Å². The summed E-state index contributed by atoms with van der Waals surface area (Å²) in [5.41, 5.74) is -0.0129. The number of amides is 1. The Morgan fingerprint density at radius 3 is 2.59 bits per heavy atom. The molecular formula is C28H39BF2N2O4. The zero-order valence-corrected chi connectivity index (χ0v) is 22.6. The Morgan fingerprint density at radius 2 is 1.95 bits per heavy atom. The summed E-state index contributed by atoms with van der Waals surface area (Å²) in [6.45, 7) is 11.5. The van der Waals surface area contributed by atoms with Crippen molar-refractivity contribution >= 4 is 24.5 Å². The molecule has 1 aromatic rings. The maximum atomic E-state index is 14.2. The van der Waals surface area contributed by atoms with Crippen molar-refractivity contribution in [3.05, 3.63) is 29.8 Å². The van der Waals surface area contributed by atoms with Gasteiger partial charge in [-0.25, -0.2) is 8.78 Å². The average Bonchev–Trinajstić information content (AvgIpc) is 3.15. The molecule has 1 N–H and O–H groups in total. The smallest absolute Gasteiger partial charge is 0.404 e. The van der Waals surface area contributed by atoms with E-state index in [1.807, 2.05) is 0 Å². The molecule has 0 radical (unpaired) electrons. The lowest BCUT2D eigenvalue weighted by atomic mass is 9.43. The zero-order valence-electron chi connectivity index (χ0n) is 22.6. The highest BCUT2D eigenvalue weighted by Gasteiger charge is 2.68. The maximum absolute atomic E-state index is 14.2. The van der Waals surface area contributed by atoms with Gasteiger partial charge < -0.3 is 19.5 Å². The first kappa shape index (κ1) is 26.6. The molecule has 3 aliphatic carbocycles. The number of hydrogen-bond donors (Lipinski definition) is 1. The Labute approximate surface area is 219 Å².